The molecule has 1 heterocycles. The first kappa shape index (κ1) is 14.1. The van der Waals surface area contributed by atoms with E-state index >= 15 is 0 Å². The quantitative estimate of drug-likeness (QED) is 0.935. The van der Waals surface area contributed by atoms with Crippen molar-refractivity contribution in [2.45, 2.75) is 26.4 Å². The Morgan fingerprint density at radius 3 is 2.35 bits per heavy atom. The van der Waals surface area contributed by atoms with Crippen LogP contribution in [0.3, 0.4) is 0 Å². The van der Waals surface area contributed by atoms with Gasteiger partial charge in [-0.3, -0.25) is 9.48 Å². The van der Waals surface area contributed by atoms with Crippen LogP contribution in [-0.2, 0) is 7.05 Å². The Balaban J connectivity index is 2.06. The van der Waals surface area contributed by atoms with Gasteiger partial charge in [-0.1, -0.05) is 0 Å². The Labute approximate surface area is 118 Å². The van der Waals surface area contributed by atoms with Crippen molar-refractivity contribution in [2.75, 3.05) is 5.32 Å². The second kappa shape index (κ2) is 5.36. The van der Waals surface area contributed by atoms with Crippen LogP contribution in [0.5, 0.6) is 5.75 Å². The van der Waals surface area contributed by atoms with Gasteiger partial charge in [0.15, 0.2) is 0 Å². The molecule has 0 aliphatic heterocycles. The van der Waals surface area contributed by atoms with Gasteiger partial charge in [0, 0.05) is 18.7 Å². The number of aryl methyl sites for hydroxylation is 1. The summed E-state index contributed by atoms with van der Waals surface area (Å²) in [6.45, 7) is 5.95. The molecule has 0 aliphatic rings. The molecule has 5 heteroatoms. The van der Waals surface area contributed by atoms with Crippen molar-refractivity contribution >= 4 is 11.7 Å². The molecule has 0 fully saturated rings. The molecule has 1 N–H and O–H groups in total. The zero-order valence-corrected chi connectivity index (χ0v) is 12.2. The third-order valence-electron chi connectivity index (χ3n) is 2.60. The minimum Gasteiger partial charge on any atom is -0.488 e. The fourth-order valence-electron chi connectivity index (χ4n) is 1.71. The molecule has 0 spiro atoms. The van der Waals surface area contributed by atoms with Crippen LogP contribution in [0, 0.1) is 0 Å². The number of anilines is 1. The summed E-state index contributed by atoms with van der Waals surface area (Å²) in [7, 11) is 1.77. The minimum atomic E-state index is -0.252. The van der Waals surface area contributed by atoms with Crippen LogP contribution >= 0.6 is 0 Å². The summed E-state index contributed by atoms with van der Waals surface area (Å²) in [5.74, 6) is 1.23. The van der Waals surface area contributed by atoms with E-state index in [1.165, 1.54) is 0 Å². The number of hydrogen-bond donors (Lipinski definition) is 1. The van der Waals surface area contributed by atoms with Crippen LogP contribution < -0.4 is 10.1 Å². The number of nitrogens with zero attached hydrogens (tertiary/aromatic N) is 2. The van der Waals surface area contributed by atoms with Crippen molar-refractivity contribution in [3.63, 3.8) is 0 Å². The Hall–Kier alpha value is -2.30. The van der Waals surface area contributed by atoms with Crippen LogP contribution in [0.25, 0.3) is 0 Å². The van der Waals surface area contributed by atoms with Crippen molar-refractivity contribution in [1.29, 1.82) is 0 Å². The second-order valence-electron chi connectivity index (χ2n) is 5.53. The van der Waals surface area contributed by atoms with Crippen molar-refractivity contribution in [1.82, 2.24) is 9.78 Å². The van der Waals surface area contributed by atoms with E-state index in [1.807, 2.05) is 20.8 Å². The zero-order chi connectivity index (χ0) is 14.8. The standard InChI is InChI=1S/C15H19N3O2/c1-15(2,3)20-12-7-5-11(6-8-12)14(19)17-13-9-10-16-18(13)4/h5-10H,1-4H3,(H,17,19). The summed E-state index contributed by atoms with van der Waals surface area (Å²) < 4.78 is 7.32. The molecule has 1 amide bonds. The maximum Gasteiger partial charge on any atom is 0.256 e. The van der Waals surface area contributed by atoms with Crippen LogP contribution in [0.1, 0.15) is 31.1 Å². The second-order valence-corrected chi connectivity index (χ2v) is 5.53. The first-order valence-corrected chi connectivity index (χ1v) is 6.43. The van der Waals surface area contributed by atoms with Gasteiger partial charge >= 0.3 is 0 Å². The largest absolute Gasteiger partial charge is 0.488 e. The third kappa shape index (κ3) is 3.60. The number of nitrogens with one attached hydrogen (secondary N) is 1. The Bertz CT molecular complexity index is 594. The number of carbonyl (C=O) groups is 1. The van der Waals surface area contributed by atoms with Crippen molar-refractivity contribution in [2.24, 2.45) is 7.05 Å². The minimum absolute atomic E-state index is 0.170. The lowest BCUT2D eigenvalue weighted by Gasteiger charge is -2.21. The van der Waals surface area contributed by atoms with E-state index in [0.717, 1.165) is 5.75 Å². The molecule has 2 aromatic rings. The Morgan fingerprint density at radius 1 is 1.20 bits per heavy atom. The number of hydrogen-bond acceptors (Lipinski definition) is 3. The third-order valence-corrected chi connectivity index (χ3v) is 2.60. The average molecular weight is 273 g/mol. The molecule has 0 radical (unpaired) electrons. The summed E-state index contributed by atoms with van der Waals surface area (Å²) in [5, 5.41) is 6.79. The normalized spacial score (nSPS) is 11.2. The summed E-state index contributed by atoms with van der Waals surface area (Å²) in [4.78, 5) is 12.1. The number of carbonyl (C=O) groups excluding carboxylic acids is 1. The smallest absolute Gasteiger partial charge is 0.256 e. The SMILES string of the molecule is Cn1nccc1NC(=O)c1ccc(OC(C)(C)C)cc1. The van der Waals surface area contributed by atoms with Crippen molar-refractivity contribution in [3.05, 3.63) is 42.1 Å². The van der Waals surface area contributed by atoms with E-state index < -0.39 is 0 Å². The predicted octanol–water partition coefficient (Wildman–Crippen LogP) is 2.85. The van der Waals surface area contributed by atoms with Gasteiger partial charge in [-0.2, -0.15) is 5.10 Å². The molecule has 0 unspecified atom stereocenters. The topological polar surface area (TPSA) is 56.2 Å². The fourth-order valence-corrected chi connectivity index (χ4v) is 1.71. The van der Waals surface area contributed by atoms with Crippen molar-refractivity contribution in [3.8, 4) is 5.75 Å². The Kier molecular flexibility index (Phi) is 3.79. The summed E-state index contributed by atoms with van der Waals surface area (Å²) in [5.41, 5.74) is 0.325. The molecular formula is C15H19N3O2. The molecule has 0 saturated heterocycles. The van der Waals surface area contributed by atoms with Crippen LogP contribution in [-0.4, -0.2) is 21.3 Å². The molecule has 0 atom stereocenters. The molecule has 1 aromatic carbocycles. The van der Waals surface area contributed by atoms with Crippen LogP contribution in [0.15, 0.2) is 36.5 Å². The maximum absolute atomic E-state index is 12.1. The lowest BCUT2D eigenvalue weighted by molar-refractivity contribution is 0.102. The zero-order valence-electron chi connectivity index (χ0n) is 12.2. The highest BCUT2D eigenvalue weighted by Gasteiger charge is 2.13. The van der Waals surface area contributed by atoms with E-state index in [9.17, 15) is 4.79 Å². The highest BCUT2D eigenvalue weighted by atomic mass is 16.5. The molecule has 1 aromatic heterocycles. The van der Waals surface area contributed by atoms with Crippen LogP contribution in [0.2, 0.25) is 0 Å². The van der Waals surface area contributed by atoms with Gasteiger partial charge in [-0.15, -0.1) is 0 Å². The highest BCUT2D eigenvalue weighted by molar-refractivity contribution is 6.03. The van der Waals surface area contributed by atoms with E-state index in [4.69, 9.17) is 4.74 Å². The lowest BCUT2D eigenvalue weighted by atomic mass is 10.1. The Morgan fingerprint density at radius 2 is 1.85 bits per heavy atom. The van der Waals surface area contributed by atoms with Gasteiger partial charge in [0.2, 0.25) is 0 Å². The summed E-state index contributed by atoms with van der Waals surface area (Å²) in [6.07, 6.45) is 1.63. The summed E-state index contributed by atoms with van der Waals surface area (Å²) >= 11 is 0. The maximum atomic E-state index is 12.1. The van der Waals surface area contributed by atoms with Gasteiger partial charge < -0.3 is 10.1 Å². The fraction of sp³-hybridized carbons (Fsp3) is 0.333. The molecule has 0 saturated carbocycles. The lowest BCUT2D eigenvalue weighted by Crippen LogP contribution is -2.23. The first-order valence-electron chi connectivity index (χ1n) is 6.43. The molecule has 0 aliphatic carbocycles. The molecule has 5 nitrogen and oxygen atoms in total. The van der Waals surface area contributed by atoms with Crippen molar-refractivity contribution < 1.29 is 9.53 Å². The molecule has 0 bridgehead atoms. The molecule has 2 rings (SSSR count). The van der Waals surface area contributed by atoms with Crippen LogP contribution in [0.4, 0.5) is 5.82 Å². The first-order chi connectivity index (χ1) is 9.35. The van der Waals surface area contributed by atoms with Gasteiger partial charge in [0.25, 0.3) is 5.91 Å². The molecule has 106 valence electrons. The number of benzene rings is 1. The van der Waals surface area contributed by atoms with E-state index in [1.54, 1.807) is 48.3 Å². The monoisotopic (exact) mass is 273 g/mol. The molecular weight excluding hydrogens is 254 g/mol. The number of aromatic nitrogens is 2. The predicted molar refractivity (Wildman–Crippen MR) is 78.0 cm³/mol. The summed E-state index contributed by atoms with van der Waals surface area (Å²) in [6, 6.07) is 8.82. The van der Waals surface area contributed by atoms with Gasteiger partial charge in [0.05, 0.1) is 6.20 Å². The molecule has 20 heavy (non-hydrogen) atoms. The average Bonchev–Trinajstić information content (AvgIpc) is 2.74. The number of ether oxygens (including phenoxy) is 1. The van der Waals surface area contributed by atoms with E-state index in [0.29, 0.717) is 11.4 Å². The van der Waals surface area contributed by atoms with Gasteiger partial charge in [-0.05, 0) is 45.0 Å². The number of amides is 1. The van der Waals surface area contributed by atoms with E-state index in [-0.39, 0.29) is 11.5 Å². The van der Waals surface area contributed by atoms with E-state index in [2.05, 4.69) is 10.4 Å². The number of rotatable bonds is 3. The van der Waals surface area contributed by atoms with Gasteiger partial charge in [0.1, 0.15) is 17.2 Å². The highest BCUT2D eigenvalue weighted by Crippen LogP contribution is 2.19. The van der Waals surface area contributed by atoms with Gasteiger partial charge in [-0.25, -0.2) is 0 Å².